The standard InChI is InChI=1S/C27H26ClN5S/c1-17-18(2)33(22-8-6-7-21(28)15-22)19(3)24(17)26-25(23-9-4-5-12-30-23)31-27(34)32(26)16-20-10-13-29-14-11-20/h4-15,25-26H,16H2,1-3H3,(H,31,34)/t25-,26-/m1/s1. The maximum atomic E-state index is 6.35. The molecule has 5 nitrogen and oxygen atoms in total. The van der Waals surface area contributed by atoms with Crippen LogP contribution in [0.25, 0.3) is 5.69 Å². The number of hydrogen-bond acceptors (Lipinski definition) is 3. The molecule has 34 heavy (non-hydrogen) atoms. The van der Waals surface area contributed by atoms with Crippen LogP contribution in [0.15, 0.2) is 73.2 Å². The fraction of sp³-hybridized carbons (Fsp3) is 0.222. The van der Waals surface area contributed by atoms with E-state index >= 15 is 0 Å². The van der Waals surface area contributed by atoms with Gasteiger partial charge in [-0.15, -0.1) is 0 Å². The van der Waals surface area contributed by atoms with Crippen molar-refractivity contribution >= 4 is 28.9 Å². The third-order valence-electron chi connectivity index (χ3n) is 6.67. The number of nitrogens with zero attached hydrogens (tertiary/aromatic N) is 4. The largest absolute Gasteiger partial charge is 0.352 e. The summed E-state index contributed by atoms with van der Waals surface area (Å²) in [7, 11) is 0. The maximum Gasteiger partial charge on any atom is 0.170 e. The average molecular weight is 488 g/mol. The summed E-state index contributed by atoms with van der Waals surface area (Å²) >= 11 is 12.2. The van der Waals surface area contributed by atoms with Gasteiger partial charge in [-0.1, -0.05) is 23.7 Å². The van der Waals surface area contributed by atoms with E-state index < -0.39 is 0 Å². The van der Waals surface area contributed by atoms with Crippen LogP contribution in [0.4, 0.5) is 0 Å². The van der Waals surface area contributed by atoms with Gasteiger partial charge in [-0.2, -0.15) is 0 Å². The van der Waals surface area contributed by atoms with Crippen LogP contribution < -0.4 is 5.32 Å². The Kier molecular flexibility index (Phi) is 6.11. The fourth-order valence-electron chi connectivity index (χ4n) is 5.02. The molecule has 0 saturated carbocycles. The first-order valence-corrected chi connectivity index (χ1v) is 12.1. The van der Waals surface area contributed by atoms with Crippen LogP contribution >= 0.6 is 23.8 Å². The van der Waals surface area contributed by atoms with Gasteiger partial charge in [-0.3, -0.25) is 9.97 Å². The number of hydrogen-bond donors (Lipinski definition) is 1. The highest BCUT2D eigenvalue weighted by atomic mass is 35.5. The van der Waals surface area contributed by atoms with Crippen molar-refractivity contribution in [1.29, 1.82) is 0 Å². The third-order valence-corrected chi connectivity index (χ3v) is 7.26. The van der Waals surface area contributed by atoms with Crippen LogP contribution in [0.2, 0.25) is 5.02 Å². The van der Waals surface area contributed by atoms with Gasteiger partial charge in [0.05, 0.1) is 17.8 Å². The second kappa shape index (κ2) is 9.20. The highest BCUT2D eigenvalue weighted by Crippen LogP contribution is 2.44. The number of thiocarbonyl (C=S) groups is 1. The predicted octanol–water partition coefficient (Wildman–Crippen LogP) is 6.02. The number of halogens is 1. The first-order valence-electron chi connectivity index (χ1n) is 11.3. The first kappa shape index (κ1) is 22.6. The molecule has 0 unspecified atom stereocenters. The van der Waals surface area contributed by atoms with E-state index in [9.17, 15) is 0 Å². The van der Waals surface area contributed by atoms with E-state index in [0.717, 1.165) is 27.1 Å². The Labute approximate surface area is 210 Å². The lowest BCUT2D eigenvalue weighted by Gasteiger charge is -2.29. The van der Waals surface area contributed by atoms with E-state index in [2.05, 4.69) is 57.7 Å². The van der Waals surface area contributed by atoms with Crippen LogP contribution in [-0.4, -0.2) is 24.5 Å². The zero-order chi connectivity index (χ0) is 23.8. The second-order valence-corrected chi connectivity index (χ2v) is 9.46. The quantitative estimate of drug-likeness (QED) is 0.349. The lowest BCUT2D eigenvalue weighted by Crippen LogP contribution is -2.29. The molecular weight excluding hydrogens is 462 g/mol. The average Bonchev–Trinajstić information content (AvgIpc) is 3.27. The molecule has 0 aliphatic carbocycles. The van der Waals surface area contributed by atoms with Gasteiger partial charge in [0.25, 0.3) is 0 Å². The first-order chi connectivity index (χ1) is 16.5. The van der Waals surface area contributed by atoms with E-state index in [-0.39, 0.29) is 12.1 Å². The van der Waals surface area contributed by atoms with E-state index in [0.29, 0.717) is 6.54 Å². The Hall–Kier alpha value is -3.22. The molecule has 0 amide bonds. The molecule has 1 fully saturated rings. The van der Waals surface area contributed by atoms with Crippen molar-refractivity contribution in [2.45, 2.75) is 39.4 Å². The lowest BCUT2D eigenvalue weighted by atomic mass is 9.93. The SMILES string of the molecule is Cc1c([C@@H]2[C@@H](c3ccccn3)NC(=S)N2Cc2ccncc2)c(C)n(-c2cccc(Cl)c2)c1C. The van der Waals surface area contributed by atoms with Gasteiger partial charge >= 0.3 is 0 Å². The van der Waals surface area contributed by atoms with E-state index in [1.165, 1.54) is 22.5 Å². The van der Waals surface area contributed by atoms with Crippen molar-refractivity contribution in [1.82, 2.24) is 24.8 Å². The van der Waals surface area contributed by atoms with Gasteiger partial charge < -0.3 is 14.8 Å². The molecule has 172 valence electrons. The summed E-state index contributed by atoms with van der Waals surface area (Å²) in [6.07, 6.45) is 5.48. The molecule has 1 aliphatic rings. The molecule has 4 heterocycles. The number of aromatic nitrogens is 3. The molecule has 4 aromatic rings. The highest BCUT2D eigenvalue weighted by Gasteiger charge is 2.42. The molecule has 0 radical (unpaired) electrons. The zero-order valence-electron chi connectivity index (χ0n) is 19.4. The summed E-state index contributed by atoms with van der Waals surface area (Å²) in [5, 5.41) is 5.02. The Balaban J connectivity index is 1.67. The zero-order valence-corrected chi connectivity index (χ0v) is 20.9. The molecular formula is C27H26ClN5S. The number of pyridine rings is 2. The van der Waals surface area contributed by atoms with Crippen LogP contribution in [0, 0.1) is 20.8 Å². The number of rotatable bonds is 5. The summed E-state index contributed by atoms with van der Waals surface area (Å²) in [4.78, 5) is 11.1. The summed E-state index contributed by atoms with van der Waals surface area (Å²) < 4.78 is 2.29. The Morgan fingerprint density at radius 3 is 2.47 bits per heavy atom. The maximum absolute atomic E-state index is 6.35. The minimum Gasteiger partial charge on any atom is -0.352 e. The van der Waals surface area contributed by atoms with E-state index in [4.69, 9.17) is 23.8 Å². The Bertz CT molecular complexity index is 1340. The molecule has 1 N–H and O–H groups in total. The van der Waals surface area contributed by atoms with Gasteiger partial charge in [-0.05, 0) is 86.6 Å². The molecule has 0 bridgehead atoms. The van der Waals surface area contributed by atoms with Gasteiger partial charge in [0.15, 0.2) is 5.11 Å². The van der Waals surface area contributed by atoms with Crippen LogP contribution in [0.5, 0.6) is 0 Å². The minimum absolute atomic E-state index is 0.0188. The van der Waals surface area contributed by atoms with Gasteiger partial charge in [-0.25, -0.2) is 0 Å². The molecule has 5 rings (SSSR count). The lowest BCUT2D eigenvalue weighted by molar-refractivity contribution is 0.309. The number of benzene rings is 1. The van der Waals surface area contributed by atoms with Gasteiger partial charge in [0, 0.05) is 52.8 Å². The van der Waals surface area contributed by atoms with Crippen molar-refractivity contribution in [3.63, 3.8) is 0 Å². The normalized spacial score (nSPS) is 17.8. The molecule has 1 aromatic carbocycles. The Morgan fingerprint density at radius 2 is 1.76 bits per heavy atom. The van der Waals surface area contributed by atoms with Crippen LogP contribution in [-0.2, 0) is 6.54 Å². The third kappa shape index (κ3) is 3.97. The molecule has 0 spiro atoms. The second-order valence-electron chi connectivity index (χ2n) is 8.63. The monoisotopic (exact) mass is 487 g/mol. The smallest absolute Gasteiger partial charge is 0.170 e. The molecule has 3 aromatic heterocycles. The topological polar surface area (TPSA) is 46.0 Å². The van der Waals surface area contributed by atoms with Crippen molar-refractivity contribution in [3.8, 4) is 5.69 Å². The van der Waals surface area contributed by atoms with E-state index in [1.807, 2.05) is 61.1 Å². The summed E-state index contributed by atoms with van der Waals surface area (Å²) in [6.45, 7) is 7.22. The van der Waals surface area contributed by atoms with Crippen molar-refractivity contribution in [2.24, 2.45) is 0 Å². The highest BCUT2D eigenvalue weighted by molar-refractivity contribution is 7.80. The minimum atomic E-state index is -0.0671. The van der Waals surface area contributed by atoms with Crippen LogP contribution in [0.1, 0.15) is 45.9 Å². The van der Waals surface area contributed by atoms with Gasteiger partial charge in [0.2, 0.25) is 0 Å². The summed E-state index contributed by atoms with van der Waals surface area (Å²) in [5.41, 5.74) is 8.06. The van der Waals surface area contributed by atoms with Crippen molar-refractivity contribution in [3.05, 3.63) is 112 Å². The van der Waals surface area contributed by atoms with Gasteiger partial charge in [0.1, 0.15) is 0 Å². The summed E-state index contributed by atoms with van der Waals surface area (Å²) in [5.74, 6) is 0. The Morgan fingerprint density at radius 1 is 0.971 bits per heavy atom. The molecule has 1 aliphatic heterocycles. The fourth-order valence-corrected chi connectivity index (χ4v) is 5.51. The number of nitrogens with one attached hydrogen (secondary N) is 1. The van der Waals surface area contributed by atoms with E-state index in [1.54, 1.807) is 0 Å². The molecule has 2 atom stereocenters. The van der Waals surface area contributed by atoms with Crippen LogP contribution in [0.3, 0.4) is 0 Å². The van der Waals surface area contributed by atoms with Crippen molar-refractivity contribution < 1.29 is 0 Å². The van der Waals surface area contributed by atoms with Crippen molar-refractivity contribution in [2.75, 3.05) is 0 Å². The molecule has 1 saturated heterocycles. The predicted molar refractivity (Wildman–Crippen MR) is 140 cm³/mol. The summed E-state index contributed by atoms with van der Waals surface area (Å²) in [6, 6.07) is 18.0. The molecule has 7 heteroatoms.